The van der Waals surface area contributed by atoms with Gasteiger partial charge >= 0.3 is 0 Å². The molecule has 0 fully saturated rings. The van der Waals surface area contributed by atoms with Crippen molar-refractivity contribution in [2.75, 3.05) is 0 Å². The van der Waals surface area contributed by atoms with Crippen LogP contribution in [0.2, 0.25) is 0 Å². The van der Waals surface area contributed by atoms with Gasteiger partial charge in [0.2, 0.25) is 0 Å². The predicted octanol–water partition coefficient (Wildman–Crippen LogP) is 1.10. The van der Waals surface area contributed by atoms with Gasteiger partial charge in [-0.05, 0) is 0 Å². The molecule has 0 rings (SSSR count). The predicted molar refractivity (Wildman–Crippen MR) is 16.7 cm³/mol. The normalized spacial score (nSPS) is 7.20. The Labute approximate surface area is 46.8 Å². The van der Waals surface area contributed by atoms with Crippen molar-refractivity contribution in [3.05, 3.63) is 5.56 Å². The molecule has 0 atom stereocenters. The van der Waals surface area contributed by atoms with E-state index in [0.29, 0.717) is 0 Å². The number of aliphatic hydroxyl groups is 1. The molecule has 0 aromatic heterocycles. The summed E-state index contributed by atoms with van der Waals surface area (Å²) in [5.41, 5.74) is -0.111. The summed E-state index contributed by atoms with van der Waals surface area (Å²) in [5, 5.41) is 7.74. The number of hydrogen-bond acceptors (Lipinski definition) is 1. The van der Waals surface area contributed by atoms with Crippen LogP contribution < -0.4 is 0 Å². The van der Waals surface area contributed by atoms with Crippen molar-refractivity contribution >= 4 is 11.6 Å². The minimum Gasteiger partial charge on any atom is -0.548 e. The minimum absolute atomic E-state index is 0. The fourth-order valence-corrected chi connectivity index (χ4v) is 0. The van der Waals surface area contributed by atoms with Crippen LogP contribution in [-0.4, -0.2) is 5.11 Å². The van der Waals surface area contributed by atoms with E-state index >= 15 is 0 Å². The van der Waals surface area contributed by atoms with E-state index in [9.17, 15) is 0 Å². The molecular formula is C2H4ClMnO-. The van der Waals surface area contributed by atoms with Crippen molar-refractivity contribution in [3.8, 4) is 0 Å². The average molecular weight is 134 g/mol. The van der Waals surface area contributed by atoms with Gasteiger partial charge in [0.25, 0.3) is 0 Å². The summed E-state index contributed by atoms with van der Waals surface area (Å²) in [4.78, 5) is 0. The maximum atomic E-state index is 7.74. The molecule has 0 saturated heterocycles. The molecule has 0 spiro atoms. The topological polar surface area (TPSA) is 20.2 Å². The minimum atomic E-state index is -0.111. The van der Waals surface area contributed by atoms with E-state index in [1.54, 1.807) is 0 Å². The molecule has 1 nitrogen and oxygen atoms in total. The SMILES string of the molecule is C[C-](O)Cl.[Mn]. The van der Waals surface area contributed by atoms with E-state index in [2.05, 4.69) is 0 Å². The van der Waals surface area contributed by atoms with Crippen LogP contribution in [0.4, 0.5) is 0 Å². The van der Waals surface area contributed by atoms with Gasteiger partial charge in [0.15, 0.2) is 0 Å². The van der Waals surface area contributed by atoms with E-state index in [1.807, 2.05) is 0 Å². The smallest absolute Gasteiger partial charge is 0 e. The van der Waals surface area contributed by atoms with Crippen molar-refractivity contribution < 1.29 is 22.2 Å². The van der Waals surface area contributed by atoms with Crippen LogP contribution in [0.3, 0.4) is 0 Å². The molecule has 3 heteroatoms. The van der Waals surface area contributed by atoms with Crippen LogP contribution in [0.15, 0.2) is 0 Å². The molecule has 1 radical (unpaired) electrons. The Kier molecular flexibility index (Phi) is 8.81. The average Bonchev–Trinajstić information content (AvgIpc) is 0.811. The van der Waals surface area contributed by atoms with Crippen molar-refractivity contribution in [1.29, 1.82) is 0 Å². The first kappa shape index (κ1) is 9.24. The van der Waals surface area contributed by atoms with Gasteiger partial charge in [0, 0.05) is 17.1 Å². The Morgan fingerprint density at radius 2 is 1.80 bits per heavy atom. The Hall–Kier alpha value is 0.769. The number of rotatable bonds is 0. The van der Waals surface area contributed by atoms with Gasteiger partial charge in [-0.2, -0.15) is 6.92 Å². The summed E-state index contributed by atoms with van der Waals surface area (Å²) in [6, 6.07) is 0. The monoisotopic (exact) mass is 134 g/mol. The number of aliphatic hydroxyl groups excluding tert-OH is 1. The third kappa shape index (κ3) is 61.8. The molecule has 0 aromatic carbocycles. The zero-order chi connectivity index (χ0) is 3.58. The van der Waals surface area contributed by atoms with Crippen molar-refractivity contribution in [2.45, 2.75) is 6.92 Å². The molecular weight excluding hydrogens is 130 g/mol. The molecule has 0 heterocycles. The van der Waals surface area contributed by atoms with Gasteiger partial charge in [0.05, 0.1) is 0 Å². The van der Waals surface area contributed by atoms with Crippen LogP contribution in [0.1, 0.15) is 6.92 Å². The summed E-state index contributed by atoms with van der Waals surface area (Å²) < 4.78 is 0. The van der Waals surface area contributed by atoms with Crippen LogP contribution in [-0.2, 0) is 17.1 Å². The van der Waals surface area contributed by atoms with Gasteiger partial charge in [-0.25, -0.2) is 0 Å². The fourth-order valence-electron chi connectivity index (χ4n) is 0. The maximum Gasteiger partial charge on any atom is 0 e. The Bertz CT molecular complexity index is 14.4. The Balaban J connectivity index is 0. The Morgan fingerprint density at radius 3 is 1.80 bits per heavy atom. The van der Waals surface area contributed by atoms with Gasteiger partial charge < -0.3 is 16.7 Å². The molecule has 0 aliphatic carbocycles. The molecule has 0 amide bonds. The summed E-state index contributed by atoms with van der Waals surface area (Å²) in [5.74, 6) is 0. The second-order valence-electron chi connectivity index (χ2n) is 0.497. The fraction of sp³-hybridized carbons (Fsp3) is 0.500. The van der Waals surface area contributed by atoms with E-state index in [4.69, 9.17) is 16.7 Å². The zero-order valence-corrected chi connectivity index (χ0v) is 4.64. The summed E-state index contributed by atoms with van der Waals surface area (Å²) in [7, 11) is 0. The van der Waals surface area contributed by atoms with Crippen molar-refractivity contribution in [1.82, 2.24) is 0 Å². The first-order chi connectivity index (χ1) is 1.73. The van der Waals surface area contributed by atoms with E-state index in [-0.39, 0.29) is 22.6 Å². The summed E-state index contributed by atoms with van der Waals surface area (Å²) in [6.07, 6.45) is 0. The molecule has 1 N–H and O–H groups in total. The molecule has 0 aromatic rings. The molecule has 33 valence electrons. The van der Waals surface area contributed by atoms with E-state index in [0.717, 1.165) is 0 Å². The van der Waals surface area contributed by atoms with Crippen LogP contribution in [0.5, 0.6) is 0 Å². The van der Waals surface area contributed by atoms with Gasteiger partial charge in [0.1, 0.15) is 0 Å². The second-order valence-corrected chi connectivity index (χ2v) is 1.04. The summed E-state index contributed by atoms with van der Waals surface area (Å²) >= 11 is 4.75. The quantitative estimate of drug-likeness (QED) is 0.389. The van der Waals surface area contributed by atoms with Gasteiger partial charge in [-0.15, -0.1) is 5.56 Å². The van der Waals surface area contributed by atoms with Gasteiger partial charge in [-0.1, -0.05) is 0 Å². The van der Waals surface area contributed by atoms with Crippen LogP contribution >= 0.6 is 11.6 Å². The number of hydrogen-bond donors (Lipinski definition) is 1. The first-order valence-electron chi connectivity index (χ1n) is 0.913. The van der Waals surface area contributed by atoms with Gasteiger partial charge in [-0.3, -0.25) is 0 Å². The van der Waals surface area contributed by atoms with Crippen molar-refractivity contribution in [3.63, 3.8) is 0 Å². The van der Waals surface area contributed by atoms with E-state index in [1.165, 1.54) is 6.92 Å². The molecule has 0 unspecified atom stereocenters. The summed E-state index contributed by atoms with van der Waals surface area (Å²) in [6.45, 7) is 1.40. The zero-order valence-electron chi connectivity index (χ0n) is 2.70. The second kappa shape index (κ2) is 4.77. The van der Waals surface area contributed by atoms with Crippen molar-refractivity contribution in [2.24, 2.45) is 0 Å². The molecule has 0 saturated carbocycles. The molecule has 0 aliphatic heterocycles. The van der Waals surface area contributed by atoms with Crippen LogP contribution in [0, 0.1) is 5.56 Å². The molecule has 0 bridgehead atoms. The third-order valence-corrected chi connectivity index (χ3v) is 0. The standard InChI is InChI=1S/C2H4ClO.Mn/c1-2(3)4;/h4H,1H3;/q-1;. The molecule has 5 heavy (non-hydrogen) atoms. The molecule has 0 aliphatic rings. The maximum absolute atomic E-state index is 7.74. The first-order valence-corrected chi connectivity index (χ1v) is 1.29. The largest absolute Gasteiger partial charge is 0.548 e. The van der Waals surface area contributed by atoms with Crippen LogP contribution in [0.25, 0.3) is 0 Å². The third-order valence-electron chi connectivity index (χ3n) is 0. The number of halogens is 1. The Morgan fingerprint density at radius 1 is 1.80 bits per heavy atom. The van der Waals surface area contributed by atoms with E-state index < -0.39 is 0 Å².